The van der Waals surface area contributed by atoms with E-state index >= 15 is 0 Å². The van der Waals surface area contributed by atoms with Crippen molar-refractivity contribution in [2.24, 2.45) is 0 Å². The summed E-state index contributed by atoms with van der Waals surface area (Å²) in [7, 11) is 1.33. The van der Waals surface area contributed by atoms with Gasteiger partial charge in [-0.1, -0.05) is 0 Å². The lowest BCUT2D eigenvalue weighted by Crippen LogP contribution is -2.29. The van der Waals surface area contributed by atoms with Crippen molar-refractivity contribution in [3.63, 3.8) is 0 Å². The Kier molecular flexibility index (Phi) is 3.76. The van der Waals surface area contributed by atoms with Gasteiger partial charge >= 0.3 is 5.97 Å². The van der Waals surface area contributed by atoms with Crippen LogP contribution in [-0.2, 0) is 9.53 Å². The molecule has 0 amide bonds. The number of hydrogen-bond donors (Lipinski definition) is 0. The summed E-state index contributed by atoms with van der Waals surface area (Å²) in [6, 6.07) is 5.05. The number of aromatic nitrogens is 1. The molecule has 0 saturated carbocycles. The van der Waals surface area contributed by atoms with Gasteiger partial charge in [0.05, 0.1) is 7.11 Å². The van der Waals surface area contributed by atoms with Crippen LogP contribution in [0.25, 0.3) is 0 Å². The Balaban J connectivity index is 2.69. The fourth-order valence-corrected chi connectivity index (χ4v) is 1.78. The van der Waals surface area contributed by atoms with Gasteiger partial charge in [-0.05, 0) is 24.8 Å². The second-order valence-electron chi connectivity index (χ2n) is 2.65. The van der Waals surface area contributed by atoms with E-state index in [1.54, 1.807) is 25.1 Å². The van der Waals surface area contributed by atoms with E-state index in [2.05, 4.69) is 4.74 Å². The highest BCUT2D eigenvalue weighted by Crippen LogP contribution is 2.19. The molecular formula is C9H11NO3S. The summed E-state index contributed by atoms with van der Waals surface area (Å²) in [6.45, 7) is 1.70. The number of carbonyl (C=O) groups is 1. The van der Waals surface area contributed by atoms with Gasteiger partial charge in [-0.3, -0.25) is 4.79 Å². The molecule has 0 fully saturated rings. The van der Waals surface area contributed by atoms with Crippen LogP contribution >= 0.6 is 11.8 Å². The topological polar surface area (TPSA) is 53.2 Å². The third kappa shape index (κ3) is 2.63. The number of methoxy groups -OCH3 is 1. The molecule has 1 atom stereocenters. The minimum atomic E-state index is -0.373. The highest BCUT2D eigenvalue weighted by atomic mass is 32.2. The molecule has 1 rings (SSSR count). The van der Waals surface area contributed by atoms with Crippen molar-refractivity contribution in [1.29, 1.82) is 0 Å². The summed E-state index contributed by atoms with van der Waals surface area (Å²) in [5.41, 5.74) is 0. The minimum Gasteiger partial charge on any atom is -0.618 e. The molecule has 0 N–H and O–H groups in total. The van der Waals surface area contributed by atoms with E-state index in [0.717, 1.165) is 4.73 Å². The van der Waals surface area contributed by atoms with Gasteiger partial charge in [-0.2, -0.15) is 4.73 Å². The normalized spacial score (nSPS) is 12.1. The minimum absolute atomic E-state index is 0.334. The lowest BCUT2D eigenvalue weighted by atomic mass is 10.5. The standard InChI is InChI=1S/C9H11NO3S/c1-7(9(11)13-2)14-8-5-3-4-6-10(8)12/h3-7H,1-2H3. The number of hydrogen-bond acceptors (Lipinski definition) is 4. The molecule has 14 heavy (non-hydrogen) atoms. The van der Waals surface area contributed by atoms with Crippen LogP contribution in [0.2, 0.25) is 0 Å². The summed E-state index contributed by atoms with van der Waals surface area (Å²) >= 11 is 1.18. The predicted octanol–water partition coefficient (Wildman–Crippen LogP) is 0.974. The Labute approximate surface area is 86.5 Å². The van der Waals surface area contributed by atoms with E-state index in [-0.39, 0.29) is 11.2 Å². The molecule has 0 aliphatic carbocycles. The molecule has 0 aliphatic rings. The highest BCUT2D eigenvalue weighted by molar-refractivity contribution is 8.00. The number of carbonyl (C=O) groups excluding carboxylic acids is 1. The quantitative estimate of drug-likeness (QED) is 0.325. The first-order valence-corrected chi connectivity index (χ1v) is 4.96. The van der Waals surface area contributed by atoms with E-state index in [0.29, 0.717) is 5.03 Å². The molecule has 1 aromatic heterocycles. The number of esters is 1. The van der Waals surface area contributed by atoms with Crippen LogP contribution in [-0.4, -0.2) is 18.3 Å². The van der Waals surface area contributed by atoms with Gasteiger partial charge < -0.3 is 9.94 Å². The largest absolute Gasteiger partial charge is 0.618 e. The van der Waals surface area contributed by atoms with Crippen LogP contribution < -0.4 is 4.73 Å². The molecule has 0 saturated heterocycles. The molecule has 0 radical (unpaired) electrons. The molecule has 76 valence electrons. The van der Waals surface area contributed by atoms with E-state index < -0.39 is 0 Å². The molecule has 5 heteroatoms. The van der Waals surface area contributed by atoms with Crippen molar-refractivity contribution in [2.75, 3.05) is 7.11 Å². The Bertz CT molecular complexity index is 330. The first kappa shape index (κ1) is 10.8. The Hall–Kier alpha value is -1.23. The molecule has 4 nitrogen and oxygen atoms in total. The second kappa shape index (κ2) is 4.85. The van der Waals surface area contributed by atoms with Crippen LogP contribution in [0.4, 0.5) is 0 Å². The number of nitrogens with zero attached hydrogens (tertiary/aromatic N) is 1. The molecule has 1 unspecified atom stereocenters. The van der Waals surface area contributed by atoms with Gasteiger partial charge in [0.25, 0.3) is 5.03 Å². The predicted molar refractivity (Wildman–Crippen MR) is 52.7 cm³/mol. The van der Waals surface area contributed by atoms with Crippen LogP contribution in [0, 0.1) is 5.21 Å². The molecule has 1 aromatic rings. The zero-order valence-corrected chi connectivity index (χ0v) is 8.78. The summed E-state index contributed by atoms with van der Waals surface area (Å²) < 4.78 is 5.28. The van der Waals surface area contributed by atoms with Crippen molar-refractivity contribution in [3.05, 3.63) is 29.6 Å². The third-order valence-corrected chi connectivity index (χ3v) is 2.72. The number of rotatable bonds is 3. The zero-order chi connectivity index (χ0) is 10.6. The Morgan fingerprint density at radius 1 is 1.64 bits per heavy atom. The maximum atomic E-state index is 11.2. The van der Waals surface area contributed by atoms with Crippen LogP contribution in [0.3, 0.4) is 0 Å². The zero-order valence-electron chi connectivity index (χ0n) is 7.97. The van der Waals surface area contributed by atoms with E-state index in [1.807, 2.05) is 0 Å². The monoisotopic (exact) mass is 213 g/mol. The van der Waals surface area contributed by atoms with Gasteiger partial charge in [-0.15, -0.1) is 0 Å². The first-order valence-electron chi connectivity index (χ1n) is 4.08. The van der Waals surface area contributed by atoms with Gasteiger partial charge in [0.2, 0.25) is 0 Å². The summed E-state index contributed by atoms with van der Waals surface area (Å²) in [6.07, 6.45) is 1.40. The lowest BCUT2D eigenvalue weighted by molar-refractivity contribution is -0.645. The number of pyridine rings is 1. The SMILES string of the molecule is COC(=O)C(C)Sc1cccc[n+]1[O-]. The Morgan fingerprint density at radius 3 is 2.93 bits per heavy atom. The van der Waals surface area contributed by atoms with Gasteiger partial charge in [0, 0.05) is 12.1 Å². The van der Waals surface area contributed by atoms with Gasteiger partial charge in [0.15, 0.2) is 6.20 Å². The molecule has 0 spiro atoms. The molecule has 1 heterocycles. The maximum absolute atomic E-state index is 11.2. The smallest absolute Gasteiger partial charge is 0.319 e. The summed E-state index contributed by atoms with van der Waals surface area (Å²) in [5, 5.41) is 11.3. The molecular weight excluding hydrogens is 202 g/mol. The average molecular weight is 213 g/mol. The number of thioether (sulfide) groups is 1. The van der Waals surface area contributed by atoms with Crippen molar-refractivity contribution in [2.45, 2.75) is 17.2 Å². The van der Waals surface area contributed by atoms with Crippen molar-refractivity contribution in [3.8, 4) is 0 Å². The van der Waals surface area contributed by atoms with Crippen LogP contribution in [0.5, 0.6) is 0 Å². The lowest BCUT2D eigenvalue weighted by Gasteiger charge is -2.07. The molecule has 0 bridgehead atoms. The van der Waals surface area contributed by atoms with Crippen LogP contribution in [0.1, 0.15) is 6.92 Å². The summed E-state index contributed by atoms with van der Waals surface area (Å²) in [5.74, 6) is -0.334. The van der Waals surface area contributed by atoms with Crippen molar-refractivity contribution < 1.29 is 14.3 Å². The molecule has 0 aromatic carbocycles. The average Bonchev–Trinajstić information content (AvgIpc) is 2.20. The third-order valence-electron chi connectivity index (χ3n) is 1.62. The van der Waals surface area contributed by atoms with Crippen LogP contribution in [0.15, 0.2) is 29.4 Å². The second-order valence-corrected chi connectivity index (χ2v) is 4.01. The van der Waals surface area contributed by atoms with Crippen molar-refractivity contribution >= 4 is 17.7 Å². The van der Waals surface area contributed by atoms with Crippen molar-refractivity contribution in [1.82, 2.24) is 0 Å². The fourth-order valence-electron chi connectivity index (χ4n) is 0.899. The maximum Gasteiger partial charge on any atom is 0.319 e. The molecule has 0 aliphatic heterocycles. The highest BCUT2D eigenvalue weighted by Gasteiger charge is 2.18. The summed E-state index contributed by atoms with van der Waals surface area (Å²) in [4.78, 5) is 11.1. The van der Waals surface area contributed by atoms with E-state index in [4.69, 9.17) is 0 Å². The first-order chi connectivity index (χ1) is 6.65. The van der Waals surface area contributed by atoms with Gasteiger partial charge in [-0.25, -0.2) is 0 Å². The number of ether oxygens (including phenoxy) is 1. The van der Waals surface area contributed by atoms with E-state index in [1.165, 1.54) is 25.1 Å². The van der Waals surface area contributed by atoms with E-state index in [9.17, 15) is 10.0 Å². The Morgan fingerprint density at radius 2 is 2.36 bits per heavy atom. The van der Waals surface area contributed by atoms with Gasteiger partial charge in [0.1, 0.15) is 5.25 Å². The fraction of sp³-hybridized carbons (Fsp3) is 0.333.